The standard InChI is InChI=1S/C6H10O3.C3H8O2/c1-3-5(7)9-6(8)4-2;1-3(5)2-4/h3-4H2,1-2H3;3-5H,2H2,1H3. The Bertz CT molecular complexity index is 151. The Labute approximate surface area is 83.7 Å². The van der Waals surface area contributed by atoms with Crippen LogP contribution in [-0.2, 0) is 14.3 Å². The number of aliphatic hydroxyl groups excluding tert-OH is 2. The molecule has 0 aliphatic rings. The van der Waals surface area contributed by atoms with E-state index >= 15 is 0 Å². The highest BCUT2D eigenvalue weighted by Gasteiger charge is 2.03. The van der Waals surface area contributed by atoms with Crippen LogP contribution in [0.15, 0.2) is 0 Å². The molecular weight excluding hydrogens is 188 g/mol. The largest absolute Gasteiger partial charge is 0.394 e. The summed E-state index contributed by atoms with van der Waals surface area (Å²) in [6.07, 6.45) is -0.0488. The molecule has 0 aliphatic heterocycles. The smallest absolute Gasteiger partial charge is 0.313 e. The second kappa shape index (κ2) is 10.1. The lowest BCUT2D eigenvalue weighted by atomic mass is 10.5. The number of carbonyl (C=O) groups excluding carboxylic acids is 2. The fourth-order valence-corrected chi connectivity index (χ4v) is 0.271. The first-order chi connectivity index (χ1) is 6.47. The minimum atomic E-state index is -0.560. The van der Waals surface area contributed by atoms with Gasteiger partial charge in [-0.15, -0.1) is 0 Å². The van der Waals surface area contributed by atoms with Crippen molar-refractivity contribution in [2.24, 2.45) is 0 Å². The number of aliphatic hydroxyl groups is 2. The molecule has 14 heavy (non-hydrogen) atoms. The highest BCUT2D eigenvalue weighted by molar-refractivity contribution is 5.84. The maximum absolute atomic E-state index is 10.3. The second-order valence-corrected chi connectivity index (χ2v) is 2.58. The third kappa shape index (κ3) is 13.6. The lowest BCUT2D eigenvalue weighted by Crippen LogP contribution is -2.09. The summed E-state index contributed by atoms with van der Waals surface area (Å²) in [5.41, 5.74) is 0. The van der Waals surface area contributed by atoms with Gasteiger partial charge in [0.1, 0.15) is 0 Å². The summed E-state index contributed by atoms with van der Waals surface area (Å²) in [4.78, 5) is 20.7. The van der Waals surface area contributed by atoms with Crippen molar-refractivity contribution < 1.29 is 24.5 Å². The van der Waals surface area contributed by atoms with Crippen molar-refractivity contribution in [3.63, 3.8) is 0 Å². The van der Waals surface area contributed by atoms with E-state index in [9.17, 15) is 9.59 Å². The highest BCUT2D eigenvalue weighted by Crippen LogP contribution is 1.88. The third-order valence-electron chi connectivity index (χ3n) is 1.07. The Morgan fingerprint density at radius 3 is 1.64 bits per heavy atom. The van der Waals surface area contributed by atoms with Crippen LogP contribution in [0.2, 0.25) is 0 Å². The molecule has 0 bridgehead atoms. The number of esters is 2. The molecule has 0 aromatic carbocycles. The van der Waals surface area contributed by atoms with Gasteiger partial charge < -0.3 is 14.9 Å². The predicted molar refractivity (Wildman–Crippen MR) is 50.4 cm³/mol. The molecule has 0 aliphatic carbocycles. The van der Waals surface area contributed by atoms with E-state index in [1.165, 1.54) is 6.92 Å². The number of carbonyl (C=O) groups is 2. The molecule has 84 valence electrons. The van der Waals surface area contributed by atoms with Crippen molar-refractivity contribution in [2.75, 3.05) is 6.61 Å². The van der Waals surface area contributed by atoms with Crippen LogP contribution in [0.3, 0.4) is 0 Å². The van der Waals surface area contributed by atoms with Crippen LogP contribution in [0.4, 0.5) is 0 Å². The van der Waals surface area contributed by atoms with Crippen LogP contribution in [0, 0.1) is 0 Å². The lowest BCUT2D eigenvalue weighted by Gasteiger charge is -1.95. The summed E-state index contributed by atoms with van der Waals surface area (Å²) in [5.74, 6) is -0.913. The van der Waals surface area contributed by atoms with E-state index in [2.05, 4.69) is 4.74 Å². The predicted octanol–water partition coefficient (Wildman–Crippen LogP) is 0.236. The zero-order valence-corrected chi connectivity index (χ0v) is 8.82. The van der Waals surface area contributed by atoms with Crippen LogP contribution in [-0.4, -0.2) is 34.9 Å². The second-order valence-electron chi connectivity index (χ2n) is 2.58. The summed E-state index contributed by atoms with van der Waals surface area (Å²) < 4.78 is 4.27. The van der Waals surface area contributed by atoms with Crippen molar-refractivity contribution in [3.8, 4) is 0 Å². The van der Waals surface area contributed by atoms with E-state index in [0.29, 0.717) is 0 Å². The first-order valence-corrected chi connectivity index (χ1v) is 4.50. The van der Waals surface area contributed by atoms with Crippen molar-refractivity contribution in [3.05, 3.63) is 0 Å². The molecule has 0 saturated heterocycles. The molecule has 5 nitrogen and oxygen atoms in total. The van der Waals surface area contributed by atoms with Gasteiger partial charge >= 0.3 is 11.9 Å². The van der Waals surface area contributed by atoms with Gasteiger partial charge in [-0.05, 0) is 6.92 Å². The Balaban J connectivity index is 0. The normalized spacial score (nSPS) is 10.9. The Morgan fingerprint density at radius 1 is 1.21 bits per heavy atom. The van der Waals surface area contributed by atoms with Gasteiger partial charge in [-0.25, -0.2) is 0 Å². The molecule has 1 atom stereocenters. The molecule has 0 aromatic rings. The minimum absolute atomic E-state index is 0.139. The molecule has 0 fully saturated rings. The summed E-state index contributed by atoms with van der Waals surface area (Å²) in [7, 11) is 0. The average molecular weight is 206 g/mol. The molecular formula is C9H18O5. The molecule has 0 heterocycles. The van der Waals surface area contributed by atoms with Gasteiger partial charge in [0.25, 0.3) is 0 Å². The third-order valence-corrected chi connectivity index (χ3v) is 1.07. The molecule has 0 spiro atoms. The van der Waals surface area contributed by atoms with E-state index in [0.717, 1.165) is 0 Å². The lowest BCUT2D eigenvalue weighted by molar-refractivity contribution is -0.159. The fourth-order valence-electron chi connectivity index (χ4n) is 0.271. The van der Waals surface area contributed by atoms with Crippen molar-refractivity contribution in [1.82, 2.24) is 0 Å². The quantitative estimate of drug-likeness (QED) is 0.510. The average Bonchev–Trinajstić information content (AvgIpc) is 2.18. The van der Waals surface area contributed by atoms with E-state index in [-0.39, 0.29) is 19.4 Å². The Morgan fingerprint density at radius 2 is 1.50 bits per heavy atom. The number of hydrogen-bond donors (Lipinski definition) is 2. The van der Waals surface area contributed by atoms with Crippen LogP contribution in [0.1, 0.15) is 33.6 Å². The van der Waals surface area contributed by atoms with Crippen molar-refractivity contribution in [2.45, 2.75) is 39.7 Å². The molecule has 0 rings (SSSR count). The maximum Gasteiger partial charge on any atom is 0.313 e. The van der Waals surface area contributed by atoms with E-state index < -0.39 is 18.0 Å². The van der Waals surface area contributed by atoms with Gasteiger partial charge in [-0.3, -0.25) is 9.59 Å². The first kappa shape index (κ1) is 15.5. The first-order valence-electron chi connectivity index (χ1n) is 4.50. The van der Waals surface area contributed by atoms with Gasteiger partial charge in [0.2, 0.25) is 0 Å². The van der Waals surface area contributed by atoms with Crippen LogP contribution >= 0.6 is 0 Å². The Kier molecular flexibility index (Phi) is 11.3. The van der Waals surface area contributed by atoms with Crippen LogP contribution in [0.5, 0.6) is 0 Å². The van der Waals surface area contributed by atoms with E-state index in [4.69, 9.17) is 10.2 Å². The van der Waals surface area contributed by atoms with Gasteiger partial charge in [-0.2, -0.15) is 0 Å². The van der Waals surface area contributed by atoms with Crippen molar-refractivity contribution in [1.29, 1.82) is 0 Å². The molecule has 5 heteroatoms. The molecule has 0 amide bonds. The molecule has 2 N–H and O–H groups in total. The molecule has 0 saturated carbocycles. The zero-order valence-electron chi connectivity index (χ0n) is 8.82. The van der Waals surface area contributed by atoms with Crippen molar-refractivity contribution >= 4 is 11.9 Å². The van der Waals surface area contributed by atoms with E-state index in [1.54, 1.807) is 13.8 Å². The van der Waals surface area contributed by atoms with E-state index in [1.807, 2.05) is 0 Å². The van der Waals surface area contributed by atoms with Gasteiger partial charge in [-0.1, -0.05) is 13.8 Å². The maximum atomic E-state index is 10.3. The highest BCUT2D eigenvalue weighted by atomic mass is 16.6. The van der Waals surface area contributed by atoms with Gasteiger partial charge in [0.15, 0.2) is 0 Å². The molecule has 1 unspecified atom stereocenters. The van der Waals surface area contributed by atoms with Crippen LogP contribution < -0.4 is 0 Å². The number of hydrogen-bond acceptors (Lipinski definition) is 5. The monoisotopic (exact) mass is 206 g/mol. The summed E-state index contributed by atoms with van der Waals surface area (Å²) >= 11 is 0. The molecule has 0 radical (unpaired) electrons. The Hall–Kier alpha value is -0.940. The summed E-state index contributed by atoms with van der Waals surface area (Å²) in [5, 5.41) is 16.0. The van der Waals surface area contributed by atoms with Crippen LogP contribution in [0.25, 0.3) is 0 Å². The number of ether oxygens (including phenoxy) is 1. The van der Waals surface area contributed by atoms with Gasteiger partial charge in [0, 0.05) is 12.8 Å². The van der Waals surface area contributed by atoms with Gasteiger partial charge in [0.05, 0.1) is 12.7 Å². The topological polar surface area (TPSA) is 83.8 Å². The zero-order chi connectivity index (χ0) is 11.6. The fraction of sp³-hybridized carbons (Fsp3) is 0.778. The summed E-state index contributed by atoms with van der Waals surface area (Å²) in [6, 6.07) is 0. The summed E-state index contributed by atoms with van der Waals surface area (Å²) in [6.45, 7) is 4.68. The minimum Gasteiger partial charge on any atom is -0.394 e. The SMILES string of the molecule is CC(O)CO.CCC(=O)OC(=O)CC. The molecule has 0 aromatic heterocycles. The number of rotatable bonds is 3.